The summed E-state index contributed by atoms with van der Waals surface area (Å²) in [6.07, 6.45) is 8.66. The van der Waals surface area contributed by atoms with Crippen LogP contribution < -0.4 is 5.32 Å². The quantitative estimate of drug-likeness (QED) is 0.859. The number of hydrogen-bond donors (Lipinski definition) is 1. The molecule has 2 atom stereocenters. The molecule has 3 rings (SSSR count). The third-order valence-corrected chi connectivity index (χ3v) is 5.82. The van der Waals surface area contributed by atoms with E-state index in [1.165, 1.54) is 25.7 Å². The van der Waals surface area contributed by atoms with Gasteiger partial charge in [-0.05, 0) is 44.9 Å². The number of methoxy groups -OCH3 is 1. The molecule has 3 fully saturated rings. The van der Waals surface area contributed by atoms with E-state index < -0.39 is 0 Å². The van der Waals surface area contributed by atoms with Gasteiger partial charge < -0.3 is 9.64 Å². The van der Waals surface area contributed by atoms with Crippen molar-refractivity contribution in [2.24, 2.45) is 5.92 Å². The van der Waals surface area contributed by atoms with Gasteiger partial charge in [0.2, 0.25) is 5.91 Å². The SMILES string of the molecule is CCC1(C)NC(C2CCCC2)N(C2CC(OC)C2)C1=O. The Morgan fingerprint density at radius 1 is 1.35 bits per heavy atom. The second-order valence-electron chi connectivity index (χ2n) is 7.01. The van der Waals surface area contributed by atoms with Crippen LogP contribution in [0.5, 0.6) is 0 Å². The molecule has 2 aliphatic carbocycles. The molecule has 20 heavy (non-hydrogen) atoms. The molecule has 1 amide bonds. The fourth-order valence-corrected chi connectivity index (χ4v) is 4.09. The second kappa shape index (κ2) is 5.30. The first-order valence-electron chi connectivity index (χ1n) is 8.22. The number of rotatable bonds is 4. The Kier molecular flexibility index (Phi) is 3.80. The molecule has 0 aromatic heterocycles. The summed E-state index contributed by atoms with van der Waals surface area (Å²) < 4.78 is 5.39. The van der Waals surface area contributed by atoms with Crippen molar-refractivity contribution in [3.05, 3.63) is 0 Å². The number of nitrogens with zero attached hydrogens (tertiary/aromatic N) is 1. The fraction of sp³-hybridized carbons (Fsp3) is 0.938. The van der Waals surface area contributed by atoms with Gasteiger partial charge in [-0.2, -0.15) is 0 Å². The largest absolute Gasteiger partial charge is 0.381 e. The van der Waals surface area contributed by atoms with Crippen LogP contribution in [0.2, 0.25) is 0 Å². The Bertz CT molecular complexity index is 375. The van der Waals surface area contributed by atoms with Crippen molar-refractivity contribution < 1.29 is 9.53 Å². The van der Waals surface area contributed by atoms with Gasteiger partial charge in [-0.1, -0.05) is 19.8 Å². The number of nitrogens with one attached hydrogen (secondary N) is 1. The van der Waals surface area contributed by atoms with E-state index in [4.69, 9.17) is 4.74 Å². The Hall–Kier alpha value is -0.610. The zero-order chi connectivity index (χ0) is 14.3. The van der Waals surface area contributed by atoms with Crippen molar-refractivity contribution in [3.8, 4) is 0 Å². The molecule has 1 heterocycles. The number of carbonyl (C=O) groups excluding carboxylic acids is 1. The monoisotopic (exact) mass is 280 g/mol. The Balaban J connectivity index is 1.77. The van der Waals surface area contributed by atoms with E-state index in [9.17, 15) is 4.79 Å². The lowest BCUT2D eigenvalue weighted by atomic mass is 9.86. The summed E-state index contributed by atoms with van der Waals surface area (Å²) >= 11 is 0. The molecule has 1 saturated heterocycles. The van der Waals surface area contributed by atoms with Crippen molar-refractivity contribution in [2.75, 3.05) is 7.11 Å². The van der Waals surface area contributed by atoms with Crippen molar-refractivity contribution >= 4 is 5.91 Å². The van der Waals surface area contributed by atoms with Crippen molar-refractivity contribution in [1.29, 1.82) is 0 Å². The van der Waals surface area contributed by atoms with Crippen LogP contribution in [0.15, 0.2) is 0 Å². The zero-order valence-corrected chi connectivity index (χ0v) is 13.0. The van der Waals surface area contributed by atoms with Crippen LogP contribution in [0.1, 0.15) is 58.8 Å². The maximum atomic E-state index is 12.9. The lowest BCUT2D eigenvalue weighted by molar-refractivity contribution is -0.141. The van der Waals surface area contributed by atoms with E-state index in [0.717, 1.165) is 19.3 Å². The van der Waals surface area contributed by atoms with E-state index in [0.29, 0.717) is 24.0 Å². The Morgan fingerprint density at radius 3 is 2.55 bits per heavy atom. The normalized spacial score (nSPS) is 42.2. The summed E-state index contributed by atoms with van der Waals surface area (Å²) in [6.45, 7) is 4.18. The zero-order valence-electron chi connectivity index (χ0n) is 13.0. The highest BCUT2D eigenvalue weighted by atomic mass is 16.5. The summed E-state index contributed by atoms with van der Waals surface area (Å²) in [6, 6.07) is 0.388. The van der Waals surface area contributed by atoms with Gasteiger partial charge in [0.1, 0.15) is 0 Å². The highest BCUT2D eigenvalue weighted by Crippen LogP contribution is 2.40. The van der Waals surface area contributed by atoms with Gasteiger partial charge >= 0.3 is 0 Å². The summed E-state index contributed by atoms with van der Waals surface area (Å²) in [5.74, 6) is 0.963. The van der Waals surface area contributed by atoms with Gasteiger partial charge in [0, 0.05) is 13.2 Å². The number of carbonyl (C=O) groups is 1. The first-order valence-corrected chi connectivity index (χ1v) is 8.22. The molecule has 1 N–H and O–H groups in total. The van der Waals surface area contributed by atoms with Gasteiger partial charge in [0.15, 0.2) is 0 Å². The first-order chi connectivity index (χ1) is 9.59. The highest BCUT2D eigenvalue weighted by Gasteiger charge is 2.53. The molecule has 0 radical (unpaired) electrons. The standard InChI is InChI=1S/C16H28N2O2/c1-4-16(2)15(19)18(12-9-13(10-12)20-3)14(17-16)11-7-5-6-8-11/h11-14,17H,4-10H2,1-3H3. The third kappa shape index (κ3) is 2.17. The van der Waals surface area contributed by atoms with Crippen LogP contribution in [-0.4, -0.2) is 41.8 Å². The summed E-state index contributed by atoms with van der Waals surface area (Å²) in [5.41, 5.74) is -0.356. The van der Waals surface area contributed by atoms with Crippen molar-refractivity contribution in [1.82, 2.24) is 10.2 Å². The molecule has 3 aliphatic rings. The molecular formula is C16H28N2O2. The van der Waals surface area contributed by atoms with E-state index in [1.807, 2.05) is 0 Å². The molecule has 0 bridgehead atoms. The van der Waals surface area contributed by atoms with Gasteiger partial charge in [0.05, 0.1) is 17.8 Å². The van der Waals surface area contributed by atoms with Crippen LogP contribution in [0, 0.1) is 5.92 Å². The summed E-state index contributed by atoms with van der Waals surface area (Å²) in [4.78, 5) is 15.1. The molecule has 0 spiro atoms. The minimum absolute atomic E-state index is 0.262. The number of hydrogen-bond acceptors (Lipinski definition) is 3. The smallest absolute Gasteiger partial charge is 0.244 e. The highest BCUT2D eigenvalue weighted by molar-refractivity contribution is 5.88. The van der Waals surface area contributed by atoms with Crippen LogP contribution in [0.25, 0.3) is 0 Å². The summed E-state index contributed by atoms with van der Waals surface area (Å²) in [7, 11) is 1.77. The molecule has 2 saturated carbocycles. The number of ether oxygens (including phenoxy) is 1. The minimum atomic E-state index is -0.356. The molecule has 0 aromatic carbocycles. The molecule has 2 unspecified atom stereocenters. The molecule has 1 aliphatic heterocycles. The van der Waals surface area contributed by atoms with Crippen LogP contribution in [-0.2, 0) is 9.53 Å². The second-order valence-corrected chi connectivity index (χ2v) is 7.01. The van der Waals surface area contributed by atoms with Gasteiger partial charge in [0.25, 0.3) is 0 Å². The van der Waals surface area contributed by atoms with E-state index in [-0.39, 0.29) is 11.7 Å². The summed E-state index contributed by atoms with van der Waals surface area (Å²) in [5, 5.41) is 3.68. The molecule has 4 heteroatoms. The van der Waals surface area contributed by atoms with E-state index in [2.05, 4.69) is 24.1 Å². The predicted molar refractivity (Wildman–Crippen MR) is 78.2 cm³/mol. The Labute approximate surface area is 122 Å². The van der Waals surface area contributed by atoms with Gasteiger partial charge in [-0.25, -0.2) is 0 Å². The molecular weight excluding hydrogens is 252 g/mol. The average Bonchev–Trinajstić information content (AvgIpc) is 2.99. The van der Waals surface area contributed by atoms with E-state index in [1.54, 1.807) is 7.11 Å². The molecule has 4 nitrogen and oxygen atoms in total. The average molecular weight is 280 g/mol. The molecule has 0 aromatic rings. The maximum Gasteiger partial charge on any atom is 0.244 e. The van der Waals surface area contributed by atoms with Crippen molar-refractivity contribution in [3.63, 3.8) is 0 Å². The lowest BCUT2D eigenvalue weighted by Crippen LogP contribution is -2.54. The molecule has 114 valence electrons. The third-order valence-electron chi connectivity index (χ3n) is 5.82. The van der Waals surface area contributed by atoms with Crippen LogP contribution >= 0.6 is 0 Å². The first kappa shape index (κ1) is 14.3. The van der Waals surface area contributed by atoms with Gasteiger partial charge in [-0.3, -0.25) is 10.1 Å². The van der Waals surface area contributed by atoms with Gasteiger partial charge in [-0.15, -0.1) is 0 Å². The topological polar surface area (TPSA) is 41.6 Å². The lowest BCUT2D eigenvalue weighted by Gasteiger charge is -2.44. The van der Waals surface area contributed by atoms with Crippen LogP contribution in [0.4, 0.5) is 0 Å². The maximum absolute atomic E-state index is 12.9. The van der Waals surface area contributed by atoms with E-state index >= 15 is 0 Å². The predicted octanol–water partition coefficient (Wildman–Crippen LogP) is 2.28. The van der Waals surface area contributed by atoms with Crippen molar-refractivity contribution in [2.45, 2.75) is 82.6 Å². The fourth-order valence-electron chi connectivity index (χ4n) is 4.09. The minimum Gasteiger partial charge on any atom is -0.381 e. The Morgan fingerprint density at radius 2 is 2.00 bits per heavy atom. The van der Waals surface area contributed by atoms with Crippen LogP contribution in [0.3, 0.4) is 0 Å². The number of amides is 1.